The molecule has 0 unspecified atom stereocenters. The first-order valence-corrected chi connectivity index (χ1v) is 5.46. The van der Waals surface area contributed by atoms with E-state index in [0.717, 1.165) is 0 Å². The van der Waals surface area contributed by atoms with Crippen molar-refractivity contribution in [1.29, 1.82) is 0 Å². The third-order valence-electron chi connectivity index (χ3n) is 2.33. The molecule has 0 atom stereocenters. The predicted octanol–water partition coefficient (Wildman–Crippen LogP) is 1.04. The van der Waals surface area contributed by atoms with E-state index >= 15 is 0 Å². The first-order valence-electron chi connectivity index (χ1n) is 4.83. The zero-order valence-corrected chi connectivity index (χ0v) is 9.53. The van der Waals surface area contributed by atoms with Gasteiger partial charge in [0.1, 0.15) is 12.0 Å². The molecule has 0 aromatic rings. The Labute approximate surface area is 94.1 Å². The molecule has 0 spiro atoms. The molecule has 1 rings (SSSR count). The summed E-state index contributed by atoms with van der Waals surface area (Å²) in [5.74, 6) is 0.0804. The zero-order chi connectivity index (χ0) is 11.3. The van der Waals surface area contributed by atoms with Gasteiger partial charge >= 0.3 is 6.16 Å². The summed E-state index contributed by atoms with van der Waals surface area (Å²) < 4.78 is 9.55. The Hall–Kier alpha value is -0.910. The summed E-state index contributed by atoms with van der Waals surface area (Å²) in [6.07, 6.45) is 0.502. The monoisotopic (exact) mass is 233 g/mol. The second-order valence-corrected chi connectivity index (χ2v) is 3.60. The number of hydrogen-bond donors (Lipinski definition) is 1. The second kappa shape index (κ2) is 5.85. The highest BCUT2D eigenvalue weighted by molar-refractivity contribution is 7.80. The Bertz CT molecular complexity index is 238. The first kappa shape index (κ1) is 12.2. The van der Waals surface area contributed by atoms with Crippen molar-refractivity contribution in [2.45, 2.75) is 25.9 Å². The molecule has 1 aliphatic heterocycles. The number of rotatable bonds is 2. The lowest BCUT2D eigenvalue weighted by atomic mass is 10.1. The van der Waals surface area contributed by atoms with E-state index in [-0.39, 0.29) is 18.0 Å². The van der Waals surface area contributed by atoms with Crippen molar-refractivity contribution in [2.24, 2.45) is 0 Å². The lowest BCUT2D eigenvalue weighted by molar-refractivity contribution is -0.130. The van der Waals surface area contributed by atoms with Gasteiger partial charge in [0, 0.05) is 32.9 Å². The van der Waals surface area contributed by atoms with Crippen molar-refractivity contribution in [1.82, 2.24) is 4.90 Å². The SMILES string of the molecule is CC(=O)N1CCC(OC(=O)OCS)CC1. The van der Waals surface area contributed by atoms with Gasteiger partial charge in [-0.15, -0.1) is 12.6 Å². The summed E-state index contributed by atoms with van der Waals surface area (Å²) in [5.41, 5.74) is 0. The molecule has 86 valence electrons. The van der Waals surface area contributed by atoms with Crippen LogP contribution in [-0.4, -0.2) is 42.1 Å². The molecule has 1 heterocycles. The highest BCUT2D eigenvalue weighted by Gasteiger charge is 2.23. The molecule has 1 amide bonds. The fourth-order valence-electron chi connectivity index (χ4n) is 1.51. The van der Waals surface area contributed by atoms with Gasteiger partial charge in [-0.1, -0.05) is 0 Å². The van der Waals surface area contributed by atoms with Gasteiger partial charge in [-0.05, 0) is 0 Å². The molecular formula is C9H15NO4S. The molecule has 5 nitrogen and oxygen atoms in total. The van der Waals surface area contributed by atoms with Gasteiger partial charge in [0.25, 0.3) is 0 Å². The Kier molecular flexibility index (Phi) is 4.74. The first-order chi connectivity index (χ1) is 7.13. The van der Waals surface area contributed by atoms with E-state index in [9.17, 15) is 9.59 Å². The molecular weight excluding hydrogens is 218 g/mol. The van der Waals surface area contributed by atoms with Gasteiger partial charge in [-0.2, -0.15) is 0 Å². The van der Waals surface area contributed by atoms with E-state index < -0.39 is 6.16 Å². The summed E-state index contributed by atoms with van der Waals surface area (Å²) in [6, 6.07) is 0. The molecule has 0 N–H and O–H groups in total. The largest absolute Gasteiger partial charge is 0.509 e. The van der Waals surface area contributed by atoms with Crippen molar-refractivity contribution in [3.63, 3.8) is 0 Å². The lowest BCUT2D eigenvalue weighted by Crippen LogP contribution is -2.40. The van der Waals surface area contributed by atoms with Crippen LogP contribution in [0.2, 0.25) is 0 Å². The lowest BCUT2D eigenvalue weighted by Gasteiger charge is -2.30. The van der Waals surface area contributed by atoms with Crippen molar-refractivity contribution >= 4 is 24.7 Å². The van der Waals surface area contributed by atoms with Crippen LogP contribution in [0.1, 0.15) is 19.8 Å². The standard InChI is InChI=1S/C9H15NO4S/c1-7(11)10-4-2-8(3-5-10)14-9(12)13-6-15/h8,15H,2-6H2,1H3. The molecule has 0 aliphatic carbocycles. The molecule has 0 aromatic carbocycles. The number of piperidine rings is 1. The number of carbonyl (C=O) groups excluding carboxylic acids is 2. The normalized spacial score (nSPS) is 17.3. The molecule has 15 heavy (non-hydrogen) atoms. The van der Waals surface area contributed by atoms with Crippen LogP contribution in [0, 0.1) is 0 Å². The summed E-state index contributed by atoms with van der Waals surface area (Å²) in [4.78, 5) is 23.7. The number of thiol groups is 1. The minimum absolute atomic E-state index is 0.0190. The van der Waals surface area contributed by atoms with Crippen LogP contribution in [0.5, 0.6) is 0 Å². The molecule has 0 aromatic heterocycles. The van der Waals surface area contributed by atoms with Crippen LogP contribution in [0.25, 0.3) is 0 Å². The van der Waals surface area contributed by atoms with Gasteiger partial charge < -0.3 is 14.4 Å². The number of nitrogens with zero attached hydrogens (tertiary/aromatic N) is 1. The van der Waals surface area contributed by atoms with Gasteiger partial charge in [0.15, 0.2) is 0 Å². The predicted molar refractivity (Wildman–Crippen MR) is 56.7 cm³/mol. The van der Waals surface area contributed by atoms with Crippen LogP contribution in [0.15, 0.2) is 0 Å². The Morgan fingerprint density at radius 1 is 1.40 bits per heavy atom. The Balaban J connectivity index is 2.25. The summed E-state index contributed by atoms with van der Waals surface area (Å²) in [5, 5.41) is 0. The minimum atomic E-state index is -0.689. The number of ether oxygens (including phenoxy) is 2. The number of amides is 1. The van der Waals surface area contributed by atoms with E-state index in [1.54, 1.807) is 4.90 Å². The third-order valence-corrected chi connectivity index (χ3v) is 2.46. The van der Waals surface area contributed by atoms with E-state index in [1.807, 2.05) is 0 Å². The highest BCUT2D eigenvalue weighted by atomic mass is 32.1. The van der Waals surface area contributed by atoms with E-state index in [0.29, 0.717) is 25.9 Å². The third kappa shape index (κ3) is 3.99. The van der Waals surface area contributed by atoms with Crippen LogP contribution in [0.4, 0.5) is 4.79 Å². The molecule has 0 radical (unpaired) electrons. The maximum absolute atomic E-state index is 11.0. The average Bonchev–Trinajstić information content (AvgIpc) is 2.18. The van der Waals surface area contributed by atoms with Crippen molar-refractivity contribution in [3.8, 4) is 0 Å². The molecule has 0 saturated carbocycles. The number of hydrogen-bond acceptors (Lipinski definition) is 5. The van der Waals surface area contributed by atoms with Gasteiger partial charge in [-0.3, -0.25) is 4.79 Å². The summed E-state index contributed by atoms with van der Waals surface area (Å²) in [7, 11) is 0. The quantitative estimate of drug-likeness (QED) is 0.440. The van der Waals surface area contributed by atoms with Gasteiger partial charge in [0.05, 0.1) is 0 Å². The maximum Gasteiger partial charge on any atom is 0.509 e. The van der Waals surface area contributed by atoms with Gasteiger partial charge in [-0.25, -0.2) is 4.79 Å². The highest BCUT2D eigenvalue weighted by Crippen LogP contribution is 2.14. The smallest absolute Gasteiger partial charge is 0.431 e. The fourth-order valence-corrected chi connectivity index (χ4v) is 1.62. The van der Waals surface area contributed by atoms with Crippen molar-refractivity contribution in [2.75, 3.05) is 19.0 Å². The molecule has 6 heteroatoms. The van der Waals surface area contributed by atoms with Crippen LogP contribution < -0.4 is 0 Å². The maximum atomic E-state index is 11.0. The molecule has 1 aliphatic rings. The number of likely N-dealkylation sites (tertiary alicyclic amines) is 1. The zero-order valence-electron chi connectivity index (χ0n) is 8.64. The van der Waals surface area contributed by atoms with E-state index in [4.69, 9.17) is 4.74 Å². The van der Waals surface area contributed by atoms with E-state index in [1.165, 1.54) is 6.92 Å². The van der Waals surface area contributed by atoms with E-state index in [2.05, 4.69) is 17.4 Å². The Morgan fingerprint density at radius 2 is 2.00 bits per heavy atom. The minimum Gasteiger partial charge on any atom is -0.431 e. The second-order valence-electron chi connectivity index (χ2n) is 3.35. The topological polar surface area (TPSA) is 55.8 Å². The van der Waals surface area contributed by atoms with Crippen molar-refractivity contribution in [3.05, 3.63) is 0 Å². The van der Waals surface area contributed by atoms with Crippen LogP contribution in [0.3, 0.4) is 0 Å². The van der Waals surface area contributed by atoms with Crippen LogP contribution in [-0.2, 0) is 14.3 Å². The molecule has 1 saturated heterocycles. The van der Waals surface area contributed by atoms with Gasteiger partial charge in [0.2, 0.25) is 5.91 Å². The average molecular weight is 233 g/mol. The molecule has 0 bridgehead atoms. The summed E-state index contributed by atoms with van der Waals surface area (Å²) >= 11 is 3.74. The molecule has 1 fully saturated rings. The summed E-state index contributed by atoms with van der Waals surface area (Å²) in [6.45, 7) is 2.80. The van der Waals surface area contributed by atoms with Crippen molar-refractivity contribution < 1.29 is 19.1 Å². The Morgan fingerprint density at radius 3 is 2.47 bits per heavy atom. The fraction of sp³-hybridized carbons (Fsp3) is 0.778. The van der Waals surface area contributed by atoms with Crippen LogP contribution >= 0.6 is 12.6 Å². The number of carbonyl (C=O) groups is 2.